The number of aryl methyl sites for hydroxylation is 1. The van der Waals surface area contributed by atoms with E-state index in [0.717, 1.165) is 0 Å². The average Bonchev–Trinajstić information content (AvgIpc) is 2.27. The Morgan fingerprint density at radius 2 is 2.11 bits per heavy atom. The van der Waals surface area contributed by atoms with Crippen LogP contribution in [0.2, 0.25) is 5.28 Å². The van der Waals surface area contributed by atoms with Crippen molar-refractivity contribution in [2.75, 3.05) is 19.3 Å². The van der Waals surface area contributed by atoms with Gasteiger partial charge in [0.15, 0.2) is 0 Å². The van der Waals surface area contributed by atoms with Crippen molar-refractivity contribution in [3.63, 3.8) is 0 Å². The minimum absolute atomic E-state index is 0.0112. The molecule has 18 heavy (non-hydrogen) atoms. The Bertz CT molecular complexity index is 526. The summed E-state index contributed by atoms with van der Waals surface area (Å²) in [6.45, 7) is 1.67. The van der Waals surface area contributed by atoms with E-state index in [0.29, 0.717) is 5.69 Å². The number of halogens is 1. The summed E-state index contributed by atoms with van der Waals surface area (Å²) in [6.07, 6.45) is 0. The van der Waals surface area contributed by atoms with Gasteiger partial charge in [0.2, 0.25) is 15.3 Å². The second-order valence-corrected chi connectivity index (χ2v) is 5.83. The maximum Gasteiger partial charge on any atom is 0.270 e. The lowest BCUT2D eigenvalue weighted by Crippen LogP contribution is -2.33. The first-order valence-electron chi connectivity index (χ1n) is 5.04. The molecule has 0 unspecified atom stereocenters. The van der Waals surface area contributed by atoms with Gasteiger partial charge in [-0.15, -0.1) is 0 Å². The number of carbonyl (C=O) groups excluding carboxylic acids is 1. The van der Waals surface area contributed by atoms with Gasteiger partial charge >= 0.3 is 0 Å². The zero-order chi connectivity index (χ0) is 13.8. The number of hydrogen-bond donors (Lipinski definition) is 2. The third kappa shape index (κ3) is 4.55. The molecule has 100 valence electrons. The van der Waals surface area contributed by atoms with Gasteiger partial charge in [-0.3, -0.25) is 4.79 Å². The van der Waals surface area contributed by atoms with Crippen LogP contribution in [0.3, 0.4) is 0 Å². The van der Waals surface area contributed by atoms with Crippen LogP contribution in [0.25, 0.3) is 0 Å². The molecule has 0 aliphatic heterocycles. The predicted molar refractivity (Wildman–Crippen MR) is 67.0 cm³/mol. The smallest absolute Gasteiger partial charge is 0.270 e. The monoisotopic (exact) mass is 292 g/mol. The van der Waals surface area contributed by atoms with E-state index in [-0.39, 0.29) is 23.3 Å². The summed E-state index contributed by atoms with van der Waals surface area (Å²) in [5.41, 5.74) is 0.664. The second kappa shape index (κ2) is 6.07. The summed E-state index contributed by atoms with van der Waals surface area (Å²) < 4.78 is 24.4. The lowest BCUT2D eigenvalue weighted by molar-refractivity contribution is 0.0951. The number of sulfonamides is 1. The van der Waals surface area contributed by atoms with Crippen molar-refractivity contribution in [3.8, 4) is 0 Å². The van der Waals surface area contributed by atoms with Gasteiger partial charge in [-0.1, -0.05) is 0 Å². The van der Waals surface area contributed by atoms with Gasteiger partial charge in [0.25, 0.3) is 5.91 Å². The zero-order valence-electron chi connectivity index (χ0n) is 9.90. The first-order valence-corrected chi connectivity index (χ1v) is 7.07. The molecule has 1 amide bonds. The van der Waals surface area contributed by atoms with Crippen molar-refractivity contribution in [1.82, 2.24) is 20.0 Å². The Kier molecular flexibility index (Phi) is 5.00. The highest BCUT2D eigenvalue weighted by molar-refractivity contribution is 7.89. The molecule has 0 spiro atoms. The van der Waals surface area contributed by atoms with Crippen LogP contribution < -0.4 is 10.0 Å². The fourth-order valence-electron chi connectivity index (χ4n) is 1.14. The van der Waals surface area contributed by atoms with E-state index in [2.05, 4.69) is 20.0 Å². The van der Waals surface area contributed by atoms with E-state index < -0.39 is 15.9 Å². The lowest BCUT2D eigenvalue weighted by atomic mass is 10.3. The molecule has 0 saturated heterocycles. The number of nitrogens with zero attached hydrogens (tertiary/aromatic N) is 2. The highest BCUT2D eigenvalue weighted by atomic mass is 35.5. The molecule has 9 heteroatoms. The largest absolute Gasteiger partial charge is 0.350 e. The lowest BCUT2D eigenvalue weighted by Gasteiger charge is -2.05. The van der Waals surface area contributed by atoms with Crippen LogP contribution in [0.5, 0.6) is 0 Å². The van der Waals surface area contributed by atoms with Gasteiger partial charge in [-0.2, -0.15) is 0 Å². The first kappa shape index (κ1) is 14.8. The van der Waals surface area contributed by atoms with Crippen LogP contribution in [0.1, 0.15) is 16.2 Å². The van der Waals surface area contributed by atoms with E-state index in [1.807, 2.05) is 0 Å². The molecule has 0 fully saturated rings. The normalized spacial score (nSPS) is 11.3. The van der Waals surface area contributed by atoms with E-state index >= 15 is 0 Å². The fraction of sp³-hybridized carbons (Fsp3) is 0.444. The SMILES string of the molecule is CNS(=O)(=O)CCNC(=O)c1cc(C)nc(Cl)n1. The molecule has 7 nitrogen and oxygen atoms in total. The molecule has 0 radical (unpaired) electrons. The molecule has 1 aromatic rings. The summed E-state index contributed by atoms with van der Waals surface area (Å²) in [6, 6.07) is 1.47. The summed E-state index contributed by atoms with van der Waals surface area (Å²) in [4.78, 5) is 19.2. The molecule has 0 saturated carbocycles. The maximum absolute atomic E-state index is 11.6. The van der Waals surface area contributed by atoms with Crippen LogP contribution in [-0.4, -0.2) is 43.6 Å². The Morgan fingerprint density at radius 1 is 1.44 bits per heavy atom. The second-order valence-electron chi connectivity index (χ2n) is 3.44. The highest BCUT2D eigenvalue weighted by Gasteiger charge is 2.11. The van der Waals surface area contributed by atoms with Crippen LogP contribution in [0.15, 0.2) is 6.07 Å². The minimum atomic E-state index is -3.34. The third-order valence-electron chi connectivity index (χ3n) is 2.03. The Labute approximate surface area is 110 Å². The Morgan fingerprint density at radius 3 is 2.67 bits per heavy atom. The minimum Gasteiger partial charge on any atom is -0.350 e. The number of rotatable bonds is 5. The van der Waals surface area contributed by atoms with Crippen molar-refractivity contribution < 1.29 is 13.2 Å². The highest BCUT2D eigenvalue weighted by Crippen LogP contribution is 2.04. The quantitative estimate of drug-likeness (QED) is 0.727. The molecule has 0 aromatic carbocycles. The Balaban J connectivity index is 2.61. The fourth-order valence-corrected chi connectivity index (χ4v) is 1.94. The summed E-state index contributed by atoms with van der Waals surface area (Å²) >= 11 is 5.62. The van der Waals surface area contributed by atoms with E-state index in [4.69, 9.17) is 11.6 Å². The number of amides is 1. The van der Waals surface area contributed by atoms with Crippen LogP contribution >= 0.6 is 11.6 Å². The number of aromatic nitrogens is 2. The van der Waals surface area contributed by atoms with Crippen molar-refractivity contribution in [1.29, 1.82) is 0 Å². The van der Waals surface area contributed by atoms with Gasteiger partial charge < -0.3 is 5.32 Å². The third-order valence-corrected chi connectivity index (χ3v) is 3.56. The van der Waals surface area contributed by atoms with Gasteiger partial charge in [-0.25, -0.2) is 23.1 Å². The summed E-state index contributed by atoms with van der Waals surface area (Å²) in [7, 11) is -2.03. The van der Waals surface area contributed by atoms with E-state index in [9.17, 15) is 13.2 Å². The van der Waals surface area contributed by atoms with Crippen molar-refractivity contribution >= 4 is 27.5 Å². The van der Waals surface area contributed by atoms with Crippen LogP contribution in [0.4, 0.5) is 0 Å². The molecular formula is C9H13ClN4O3S. The topological polar surface area (TPSA) is 101 Å². The Hall–Kier alpha value is -1.25. The molecule has 0 aliphatic carbocycles. The molecule has 0 atom stereocenters. The zero-order valence-corrected chi connectivity index (χ0v) is 11.5. The molecule has 1 heterocycles. The molecule has 0 bridgehead atoms. The van der Waals surface area contributed by atoms with E-state index in [1.165, 1.54) is 13.1 Å². The van der Waals surface area contributed by atoms with Gasteiger partial charge in [0, 0.05) is 12.2 Å². The number of carbonyl (C=O) groups is 1. The molecule has 1 rings (SSSR count). The number of nitrogens with one attached hydrogen (secondary N) is 2. The van der Waals surface area contributed by atoms with Crippen LogP contribution in [0, 0.1) is 6.92 Å². The first-order chi connectivity index (χ1) is 8.34. The summed E-state index contributed by atoms with van der Waals surface area (Å²) in [5, 5.41) is 2.41. The summed E-state index contributed by atoms with van der Waals surface area (Å²) in [5.74, 6) is -0.693. The molecule has 1 aromatic heterocycles. The van der Waals surface area contributed by atoms with Crippen molar-refractivity contribution in [3.05, 3.63) is 22.7 Å². The maximum atomic E-state index is 11.6. The predicted octanol–water partition coefficient (Wildman–Crippen LogP) is -0.283. The molecule has 0 aliphatic rings. The van der Waals surface area contributed by atoms with Gasteiger partial charge in [0.05, 0.1) is 5.75 Å². The van der Waals surface area contributed by atoms with E-state index in [1.54, 1.807) is 6.92 Å². The van der Waals surface area contributed by atoms with Gasteiger partial charge in [0.1, 0.15) is 5.69 Å². The van der Waals surface area contributed by atoms with Crippen molar-refractivity contribution in [2.45, 2.75) is 6.92 Å². The average molecular weight is 293 g/mol. The van der Waals surface area contributed by atoms with Crippen molar-refractivity contribution in [2.24, 2.45) is 0 Å². The number of hydrogen-bond acceptors (Lipinski definition) is 5. The molecule has 2 N–H and O–H groups in total. The van der Waals surface area contributed by atoms with Gasteiger partial charge in [-0.05, 0) is 31.6 Å². The molecular weight excluding hydrogens is 280 g/mol. The van der Waals surface area contributed by atoms with Crippen LogP contribution in [-0.2, 0) is 10.0 Å². The standard InChI is InChI=1S/C9H13ClN4O3S/c1-6-5-7(14-9(10)13-6)8(15)12-3-4-18(16,17)11-2/h5,11H,3-4H2,1-2H3,(H,12,15).